The summed E-state index contributed by atoms with van der Waals surface area (Å²) in [7, 11) is 1.58. The smallest absolute Gasteiger partial charge is 0.274 e. The second-order valence-corrected chi connectivity index (χ2v) is 7.22. The van der Waals surface area contributed by atoms with Crippen molar-refractivity contribution in [1.29, 1.82) is 0 Å². The zero-order valence-corrected chi connectivity index (χ0v) is 16.1. The van der Waals surface area contributed by atoms with Crippen LogP contribution in [0.4, 0.5) is 5.69 Å². The molecule has 3 rings (SSSR count). The van der Waals surface area contributed by atoms with Gasteiger partial charge in [-0.1, -0.05) is 0 Å². The van der Waals surface area contributed by atoms with E-state index in [1.54, 1.807) is 56.3 Å². The summed E-state index contributed by atoms with van der Waals surface area (Å²) < 4.78 is 0. The molecular weight excluding hydrogens is 364 g/mol. The Bertz CT molecular complexity index is 914. The minimum Gasteiger partial charge on any atom is -0.369 e. The van der Waals surface area contributed by atoms with Gasteiger partial charge in [0, 0.05) is 30.0 Å². The van der Waals surface area contributed by atoms with Gasteiger partial charge in [-0.3, -0.25) is 19.5 Å². The number of carbonyl (C=O) groups is 2. The first-order valence-corrected chi connectivity index (χ1v) is 9.45. The van der Waals surface area contributed by atoms with E-state index in [4.69, 9.17) is 5.73 Å². The summed E-state index contributed by atoms with van der Waals surface area (Å²) in [6.45, 7) is 1.79. The maximum absolute atomic E-state index is 12.4. The molecule has 1 atom stereocenters. The Morgan fingerprint density at radius 3 is 2.74 bits per heavy atom. The molecule has 2 amide bonds. The lowest BCUT2D eigenvalue weighted by Gasteiger charge is -2.32. The highest BCUT2D eigenvalue weighted by Crippen LogP contribution is 2.32. The van der Waals surface area contributed by atoms with Crippen LogP contribution >= 0.6 is 11.8 Å². The van der Waals surface area contributed by atoms with Crippen LogP contribution < -0.4 is 11.1 Å². The molecule has 140 valence electrons. The number of hydrogen-bond donors (Lipinski definition) is 2. The van der Waals surface area contributed by atoms with Crippen molar-refractivity contribution in [1.82, 2.24) is 14.9 Å². The second-order valence-electron chi connectivity index (χ2n) is 6.34. The van der Waals surface area contributed by atoms with Crippen molar-refractivity contribution >= 4 is 35.2 Å². The highest BCUT2D eigenvalue weighted by atomic mass is 32.2. The normalized spacial score (nSPS) is 19.6. The van der Waals surface area contributed by atoms with E-state index in [1.165, 1.54) is 4.90 Å². The van der Waals surface area contributed by atoms with Gasteiger partial charge in [0.25, 0.3) is 5.91 Å². The first-order chi connectivity index (χ1) is 12.8. The number of aliphatic imine (C=N–C) groups is 1. The second kappa shape index (κ2) is 7.36. The van der Waals surface area contributed by atoms with Crippen molar-refractivity contribution in [3.05, 3.63) is 48.0 Å². The standard InChI is InChI=1S/C18H20N6O2S/c1-18(9-15(25)24(2)17(19)23-18)14-8-11(6-7-20-14)22-16(26)13-5-4-12(27-3)10-21-13/h4-8,10H,9H2,1-3H3,(H2,19,23)(H,20,22,26). The van der Waals surface area contributed by atoms with Gasteiger partial charge >= 0.3 is 0 Å². The third-order valence-electron chi connectivity index (χ3n) is 4.35. The van der Waals surface area contributed by atoms with Crippen molar-refractivity contribution in [2.75, 3.05) is 18.6 Å². The summed E-state index contributed by atoms with van der Waals surface area (Å²) in [6.07, 6.45) is 5.31. The van der Waals surface area contributed by atoms with Crippen LogP contribution in [-0.2, 0) is 10.3 Å². The van der Waals surface area contributed by atoms with Crippen LogP contribution in [-0.4, -0.2) is 45.9 Å². The Hall–Kier alpha value is -2.94. The van der Waals surface area contributed by atoms with Crippen molar-refractivity contribution in [3.8, 4) is 0 Å². The van der Waals surface area contributed by atoms with E-state index >= 15 is 0 Å². The Labute approximate surface area is 161 Å². The molecule has 1 unspecified atom stereocenters. The number of rotatable bonds is 4. The Morgan fingerprint density at radius 1 is 1.33 bits per heavy atom. The first-order valence-electron chi connectivity index (χ1n) is 8.22. The summed E-state index contributed by atoms with van der Waals surface area (Å²) in [6, 6.07) is 6.88. The molecule has 0 bridgehead atoms. The van der Waals surface area contributed by atoms with Crippen LogP contribution in [0.3, 0.4) is 0 Å². The number of aromatic nitrogens is 2. The number of hydrogen-bond acceptors (Lipinski definition) is 7. The maximum Gasteiger partial charge on any atom is 0.274 e. The number of nitrogens with two attached hydrogens (primary N) is 1. The van der Waals surface area contributed by atoms with Crippen LogP contribution in [0, 0.1) is 0 Å². The summed E-state index contributed by atoms with van der Waals surface area (Å²) in [5.41, 5.74) is 6.37. The topological polar surface area (TPSA) is 114 Å². The summed E-state index contributed by atoms with van der Waals surface area (Å²) in [5, 5.41) is 2.80. The van der Waals surface area contributed by atoms with Gasteiger partial charge in [0.15, 0.2) is 5.96 Å². The van der Waals surface area contributed by atoms with E-state index in [9.17, 15) is 9.59 Å². The van der Waals surface area contributed by atoms with Gasteiger partial charge in [-0.15, -0.1) is 11.8 Å². The Balaban J connectivity index is 1.83. The predicted molar refractivity (Wildman–Crippen MR) is 105 cm³/mol. The van der Waals surface area contributed by atoms with Crippen molar-refractivity contribution in [2.45, 2.75) is 23.8 Å². The largest absolute Gasteiger partial charge is 0.369 e. The van der Waals surface area contributed by atoms with E-state index in [2.05, 4.69) is 20.3 Å². The van der Waals surface area contributed by atoms with E-state index < -0.39 is 5.54 Å². The summed E-state index contributed by atoms with van der Waals surface area (Å²) in [5.74, 6) is -0.324. The van der Waals surface area contributed by atoms with Crippen molar-refractivity contribution < 1.29 is 9.59 Å². The molecule has 0 saturated heterocycles. The average Bonchev–Trinajstić information content (AvgIpc) is 2.66. The van der Waals surface area contributed by atoms with Crippen LogP contribution in [0.25, 0.3) is 0 Å². The minimum absolute atomic E-state index is 0.140. The van der Waals surface area contributed by atoms with Gasteiger partial charge in [-0.25, -0.2) is 9.98 Å². The van der Waals surface area contributed by atoms with E-state index in [1.807, 2.05) is 12.3 Å². The number of thioether (sulfide) groups is 1. The van der Waals surface area contributed by atoms with Crippen molar-refractivity contribution in [3.63, 3.8) is 0 Å². The van der Waals surface area contributed by atoms with E-state index in [0.29, 0.717) is 17.1 Å². The van der Waals surface area contributed by atoms with Crippen LogP contribution in [0.1, 0.15) is 29.5 Å². The zero-order chi connectivity index (χ0) is 19.6. The number of anilines is 1. The number of amides is 2. The maximum atomic E-state index is 12.4. The van der Waals surface area contributed by atoms with Gasteiger partial charge in [0.1, 0.15) is 11.2 Å². The fourth-order valence-corrected chi connectivity index (χ4v) is 3.05. The highest BCUT2D eigenvalue weighted by molar-refractivity contribution is 7.98. The van der Waals surface area contributed by atoms with Crippen LogP contribution in [0.5, 0.6) is 0 Å². The molecule has 0 fully saturated rings. The minimum atomic E-state index is -0.882. The first kappa shape index (κ1) is 18.8. The monoisotopic (exact) mass is 384 g/mol. The number of nitrogens with zero attached hydrogens (tertiary/aromatic N) is 4. The molecule has 2 aromatic heterocycles. The van der Waals surface area contributed by atoms with Gasteiger partial charge in [-0.05, 0) is 37.4 Å². The van der Waals surface area contributed by atoms with Gasteiger partial charge < -0.3 is 11.1 Å². The molecule has 8 nitrogen and oxygen atoms in total. The molecule has 1 aliphatic heterocycles. The molecular formula is C18H20N6O2S. The fourth-order valence-electron chi connectivity index (χ4n) is 2.69. The van der Waals surface area contributed by atoms with Gasteiger partial charge in [0.05, 0.1) is 12.1 Å². The lowest BCUT2D eigenvalue weighted by Crippen LogP contribution is -2.47. The zero-order valence-electron chi connectivity index (χ0n) is 15.3. The Kier molecular flexibility index (Phi) is 5.13. The molecule has 2 aromatic rings. The van der Waals surface area contributed by atoms with Crippen LogP contribution in [0.2, 0.25) is 0 Å². The molecule has 1 aliphatic rings. The number of nitrogens with one attached hydrogen (secondary N) is 1. The number of pyridine rings is 2. The molecule has 0 radical (unpaired) electrons. The average molecular weight is 384 g/mol. The molecule has 0 aromatic carbocycles. The van der Waals surface area contributed by atoms with Gasteiger partial charge in [-0.2, -0.15) is 0 Å². The predicted octanol–water partition coefficient (Wildman–Crippen LogP) is 1.84. The molecule has 9 heteroatoms. The summed E-state index contributed by atoms with van der Waals surface area (Å²) in [4.78, 5) is 39.8. The van der Waals surface area contributed by atoms with Crippen molar-refractivity contribution in [2.24, 2.45) is 10.7 Å². The molecule has 0 aliphatic carbocycles. The SMILES string of the molecule is CSc1ccc(C(=O)Nc2ccnc(C3(C)CC(=O)N(C)C(N)=N3)c2)nc1. The Morgan fingerprint density at radius 2 is 2.11 bits per heavy atom. The summed E-state index contributed by atoms with van der Waals surface area (Å²) >= 11 is 1.55. The highest BCUT2D eigenvalue weighted by Gasteiger charge is 2.37. The molecule has 27 heavy (non-hydrogen) atoms. The van der Waals surface area contributed by atoms with Gasteiger partial charge in [0.2, 0.25) is 5.91 Å². The molecule has 0 spiro atoms. The van der Waals surface area contributed by atoms with Crippen LogP contribution in [0.15, 0.2) is 46.5 Å². The lowest BCUT2D eigenvalue weighted by atomic mass is 9.91. The van der Waals surface area contributed by atoms with E-state index in [-0.39, 0.29) is 24.2 Å². The number of carbonyl (C=O) groups excluding carboxylic acids is 2. The molecule has 3 N–H and O–H groups in total. The molecule has 3 heterocycles. The number of guanidine groups is 1. The third kappa shape index (κ3) is 3.92. The fraction of sp³-hybridized carbons (Fsp3) is 0.278. The third-order valence-corrected chi connectivity index (χ3v) is 5.06. The quantitative estimate of drug-likeness (QED) is 0.778. The lowest BCUT2D eigenvalue weighted by molar-refractivity contribution is -0.128. The van der Waals surface area contributed by atoms with E-state index in [0.717, 1.165) is 4.90 Å². The molecule has 0 saturated carbocycles.